The molecule has 3 N–H and O–H groups in total. The monoisotopic (exact) mass is 179 g/mol. The van der Waals surface area contributed by atoms with Crippen LogP contribution >= 0.6 is 0 Å². The normalized spacial score (nSPS) is 12.1. The molecule has 4 heteroatoms. The number of hydrogen-bond acceptors (Lipinski definition) is 3. The van der Waals surface area contributed by atoms with E-state index in [9.17, 15) is 0 Å². The van der Waals surface area contributed by atoms with E-state index in [-0.39, 0.29) is 5.84 Å². The number of amidine groups is 1. The Morgan fingerprint density at radius 3 is 2.85 bits per heavy atom. The molecule has 1 heterocycles. The highest BCUT2D eigenvalue weighted by molar-refractivity contribution is 5.95. The zero-order chi connectivity index (χ0) is 9.84. The van der Waals surface area contributed by atoms with Gasteiger partial charge in [-0.25, -0.2) is 0 Å². The van der Waals surface area contributed by atoms with Crippen molar-refractivity contribution in [2.45, 2.75) is 19.8 Å². The lowest BCUT2D eigenvalue weighted by Crippen LogP contribution is -2.15. The maximum absolute atomic E-state index is 8.44. The minimum atomic E-state index is 0.0440. The van der Waals surface area contributed by atoms with Gasteiger partial charge >= 0.3 is 0 Å². The highest BCUT2D eigenvalue weighted by atomic mass is 16.4. The van der Waals surface area contributed by atoms with Crippen LogP contribution in [0.3, 0.4) is 0 Å². The Kier molecular flexibility index (Phi) is 2.84. The minimum absolute atomic E-state index is 0.0440. The highest BCUT2D eigenvalue weighted by Crippen LogP contribution is 2.13. The van der Waals surface area contributed by atoms with Crippen molar-refractivity contribution < 1.29 is 5.21 Å². The first-order valence-electron chi connectivity index (χ1n) is 4.09. The van der Waals surface area contributed by atoms with E-state index >= 15 is 0 Å². The molecule has 1 rings (SSSR count). The van der Waals surface area contributed by atoms with Crippen molar-refractivity contribution >= 4 is 5.84 Å². The molecule has 0 aliphatic carbocycles. The van der Waals surface area contributed by atoms with Gasteiger partial charge in [0.25, 0.3) is 0 Å². The van der Waals surface area contributed by atoms with Crippen LogP contribution in [0.4, 0.5) is 0 Å². The van der Waals surface area contributed by atoms with Crippen LogP contribution < -0.4 is 5.73 Å². The summed E-state index contributed by atoms with van der Waals surface area (Å²) in [6.45, 7) is 4.15. The number of hydrogen-bond donors (Lipinski definition) is 2. The molecule has 0 saturated heterocycles. The first kappa shape index (κ1) is 9.51. The molecule has 0 unspecified atom stereocenters. The number of pyridine rings is 1. The maximum Gasteiger partial charge on any atom is 0.188 e. The molecule has 0 spiro atoms. The Morgan fingerprint density at radius 1 is 1.62 bits per heavy atom. The van der Waals surface area contributed by atoms with Crippen molar-refractivity contribution in [3.05, 3.63) is 29.6 Å². The molecule has 4 nitrogen and oxygen atoms in total. The summed E-state index contributed by atoms with van der Waals surface area (Å²) in [4.78, 5) is 3.98. The molecule has 0 aromatic carbocycles. The predicted octanol–water partition coefficient (Wildman–Crippen LogP) is 1.30. The number of rotatable bonds is 2. The fourth-order valence-corrected chi connectivity index (χ4v) is 0.997. The summed E-state index contributed by atoms with van der Waals surface area (Å²) in [5.74, 6) is 0.454. The number of nitrogens with zero attached hydrogens (tertiary/aromatic N) is 2. The van der Waals surface area contributed by atoms with Crippen molar-refractivity contribution in [2.24, 2.45) is 10.9 Å². The molecule has 0 bridgehead atoms. The second-order valence-corrected chi connectivity index (χ2v) is 3.11. The molecule has 0 radical (unpaired) electrons. The van der Waals surface area contributed by atoms with Crippen molar-refractivity contribution in [3.8, 4) is 0 Å². The summed E-state index contributed by atoms with van der Waals surface area (Å²) in [7, 11) is 0. The topological polar surface area (TPSA) is 71.5 Å². The third kappa shape index (κ3) is 2.18. The van der Waals surface area contributed by atoms with E-state index in [4.69, 9.17) is 10.9 Å². The van der Waals surface area contributed by atoms with Gasteiger partial charge < -0.3 is 10.9 Å². The van der Waals surface area contributed by atoms with Gasteiger partial charge in [-0.1, -0.05) is 19.0 Å². The largest absolute Gasteiger partial charge is 0.409 e. The zero-order valence-electron chi connectivity index (χ0n) is 7.73. The Hall–Kier alpha value is -1.58. The van der Waals surface area contributed by atoms with E-state index in [1.807, 2.05) is 12.1 Å². The van der Waals surface area contributed by atoms with Crippen molar-refractivity contribution in [2.75, 3.05) is 0 Å². The lowest BCUT2D eigenvalue weighted by atomic mass is 10.0. The highest BCUT2D eigenvalue weighted by Gasteiger charge is 2.04. The van der Waals surface area contributed by atoms with Gasteiger partial charge in [0, 0.05) is 6.20 Å². The van der Waals surface area contributed by atoms with Crippen LogP contribution in [0, 0.1) is 0 Å². The Balaban J connectivity index is 3.05. The lowest BCUT2D eigenvalue weighted by Gasteiger charge is -2.05. The fraction of sp³-hybridized carbons (Fsp3) is 0.333. The third-order valence-corrected chi connectivity index (χ3v) is 1.82. The summed E-state index contributed by atoms with van der Waals surface area (Å²) < 4.78 is 0. The van der Waals surface area contributed by atoms with Crippen LogP contribution in [0.5, 0.6) is 0 Å². The molecule has 0 atom stereocenters. The van der Waals surface area contributed by atoms with Gasteiger partial charge in [-0.2, -0.15) is 0 Å². The minimum Gasteiger partial charge on any atom is -0.409 e. The SMILES string of the molecule is CC(C)c1ccnc(C(N)=NO)c1. The van der Waals surface area contributed by atoms with Gasteiger partial charge in [-0.05, 0) is 23.6 Å². The molecular weight excluding hydrogens is 166 g/mol. The summed E-state index contributed by atoms with van der Waals surface area (Å²) in [6.07, 6.45) is 1.66. The van der Waals surface area contributed by atoms with Crippen molar-refractivity contribution in [1.82, 2.24) is 4.98 Å². The number of nitrogens with two attached hydrogens (primary N) is 1. The van der Waals surface area contributed by atoms with Gasteiger partial charge in [-0.15, -0.1) is 0 Å². The van der Waals surface area contributed by atoms with Crippen LogP contribution in [-0.2, 0) is 0 Å². The Bertz CT molecular complexity index is 320. The van der Waals surface area contributed by atoms with Crippen molar-refractivity contribution in [3.63, 3.8) is 0 Å². The molecule has 1 aromatic rings. The van der Waals surface area contributed by atoms with Gasteiger partial charge in [0.1, 0.15) is 5.69 Å². The smallest absolute Gasteiger partial charge is 0.188 e. The molecule has 0 fully saturated rings. The molecule has 0 saturated carbocycles. The second-order valence-electron chi connectivity index (χ2n) is 3.11. The Labute approximate surface area is 77.1 Å². The van der Waals surface area contributed by atoms with Crippen LogP contribution in [0.2, 0.25) is 0 Å². The molecular formula is C9H13N3O. The van der Waals surface area contributed by atoms with Crippen LogP contribution in [0.25, 0.3) is 0 Å². The molecule has 0 aliphatic heterocycles. The lowest BCUT2D eigenvalue weighted by molar-refractivity contribution is 0.318. The van der Waals surface area contributed by atoms with E-state index in [1.165, 1.54) is 0 Å². The number of oxime groups is 1. The summed E-state index contributed by atoms with van der Waals surface area (Å²) in [5.41, 5.74) is 7.03. The fourth-order valence-electron chi connectivity index (χ4n) is 0.997. The zero-order valence-corrected chi connectivity index (χ0v) is 7.73. The van der Waals surface area contributed by atoms with E-state index < -0.39 is 0 Å². The first-order chi connectivity index (χ1) is 6.15. The molecule has 1 aromatic heterocycles. The van der Waals surface area contributed by atoms with Gasteiger partial charge in [0.2, 0.25) is 0 Å². The molecule has 0 aliphatic rings. The van der Waals surface area contributed by atoms with Crippen molar-refractivity contribution in [1.29, 1.82) is 0 Å². The quantitative estimate of drug-likeness (QED) is 0.311. The average molecular weight is 179 g/mol. The number of aromatic nitrogens is 1. The van der Waals surface area contributed by atoms with Crippen LogP contribution in [-0.4, -0.2) is 16.0 Å². The summed E-state index contributed by atoms with van der Waals surface area (Å²) >= 11 is 0. The van der Waals surface area contributed by atoms with Gasteiger partial charge in [0.05, 0.1) is 0 Å². The summed E-state index contributed by atoms with van der Waals surface area (Å²) in [6, 6.07) is 3.73. The third-order valence-electron chi connectivity index (χ3n) is 1.82. The Morgan fingerprint density at radius 2 is 2.31 bits per heavy atom. The maximum atomic E-state index is 8.44. The predicted molar refractivity (Wildman–Crippen MR) is 50.8 cm³/mol. The van der Waals surface area contributed by atoms with E-state index in [1.54, 1.807) is 6.20 Å². The standard InChI is InChI=1S/C9H13N3O/c1-6(2)7-3-4-11-8(5-7)9(10)12-13/h3-6,13H,1-2H3,(H2,10,12). The van der Waals surface area contributed by atoms with E-state index in [0.717, 1.165) is 5.56 Å². The molecule has 70 valence electrons. The van der Waals surface area contributed by atoms with E-state index in [2.05, 4.69) is 24.0 Å². The molecule has 13 heavy (non-hydrogen) atoms. The average Bonchev–Trinajstić information content (AvgIpc) is 2.17. The van der Waals surface area contributed by atoms with Crippen LogP contribution in [0.15, 0.2) is 23.5 Å². The van der Waals surface area contributed by atoms with Gasteiger partial charge in [-0.3, -0.25) is 4.98 Å². The molecule has 0 amide bonds. The first-order valence-corrected chi connectivity index (χ1v) is 4.09. The summed E-state index contributed by atoms with van der Waals surface area (Å²) in [5, 5.41) is 11.3. The second kappa shape index (κ2) is 3.89. The van der Waals surface area contributed by atoms with Gasteiger partial charge in [0.15, 0.2) is 5.84 Å². The van der Waals surface area contributed by atoms with Crippen LogP contribution in [0.1, 0.15) is 31.0 Å². The van der Waals surface area contributed by atoms with E-state index in [0.29, 0.717) is 11.6 Å².